The van der Waals surface area contributed by atoms with Crippen molar-refractivity contribution in [2.24, 2.45) is 0 Å². The average molecular weight is 245 g/mol. The van der Waals surface area contributed by atoms with E-state index in [0.717, 1.165) is 26.1 Å². The van der Waals surface area contributed by atoms with Gasteiger partial charge in [-0.3, -0.25) is 4.90 Å². The van der Waals surface area contributed by atoms with Gasteiger partial charge in [0.05, 0.1) is 0 Å². The minimum atomic E-state index is -0.642. The Morgan fingerprint density at radius 2 is 1.79 bits per heavy atom. The van der Waals surface area contributed by atoms with Gasteiger partial charge in [-0.15, -0.1) is 24.8 Å². The van der Waals surface area contributed by atoms with E-state index in [0.29, 0.717) is 6.54 Å². The first-order valence-electron chi connectivity index (χ1n) is 4.97. The van der Waals surface area contributed by atoms with E-state index in [1.807, 2.05) is 0 Å². The third-order valence-electron chi connectivity index (χ3n) is 2.98. The summed E-state index contributed by atoms with van der Waals surface area (Å²) in [4.78, 5) is 2.32. The van der Waals surface area contributed by atoms with Crippen molar-refractivity contribution in [3.05, 3.63) is 0 Å². The summed E-state index contributed by atoms with van der Waals surface area (Å²) in [5.41, 5.74) is 0. The van der Waals surface area contributed by atoms with Gasteiger partial charge in [0.25, 0.3) is 0 Å². The molecule has 0 unspecified atom stereocenters. The number of likely N-dealkylation sites (tertiary alicyclic amines) is 1. The van der Waals surface area contributed by atoms with Gasteiger partial charge in [-0.2, -0.15) is 0 Å². The van der Waals surface area contributed by atoms with Crippen molar-refractivity contribution < 1.29 is 4.39 Å². The molecule has 0 aliphatic carbocycles. The number of hydrogen-bond donors (Lipinski definition) is 1. The summed E-state index contributed by atoms with van der Waals surface area (Å²) in [5.74, 6) is 0. The number of piperidine rings is 1. The normalized spacial score (nSPS) is 33.2. The predicted molar refractivity (Wildman–Crippen MR) is 61.5 cm³/mol. The summed E-state index contributed by atoms with van der Waals surface area (Å²) < 4.78 is 13.4. The molecule has 2 aliphatic heterocycles. The lowest BCUT2D eigenvalue weighted by atomic mass is 10.0. The van der Waals surface area contributed by atoms with Crippen LogP contribution in [0.3, 0.4) is 0 Å². The van der Waals surface area contributed by atoms with Crippen LogP contribution in [-0.2, 0) is 0 Å². The van der Waals surface area contributed by atoms with E-state index in [-0.39, 0.29) is 30.9 Å². The molecule has 0 aromatic carbocycles. The first kappa shape index (κ1) is 14.4. The number of nitrogens with zero attached hydrogens (tertiary/aromatic N) is 1. The van der Waals surface area contributed by atoms with E-state index in [4.69, 9.17) is 0 Å². The standard InChI is InChI=1S/C9H17FN2.2ClH/c10-8-7-11-4-3-9(8)12-5-1-2-6-12;;/h8-9,11H,1-7H2;2*1H/t8-,9+;;/m1../s1. The summed E-state index contributed by atoms with van der Waals surface area (Å²) in [6.45, 7) is 3.78. The molecule has 0 saturated carbocycles. The molecule has 86 valence electrons. The summed E-state index contributed by atoms with van der Waals surface area (Å²) in [6, 6.07) is 0.216. The highest BCUT2D eigenvalue weighted by Crippen LogP contribution is 2.20. The lowest BCUT2D eigenvalue weighted by Gasteiger charge is -2.33. The molecular formula is C9H19Cl2FN2. The van der Waals surface area contributed by atoms with Crippen LogP contribution in [0.5, 0.6) is 0 Å². The summed E-state index contributed by atoms with van der Waals surface area (Å²) in [5, 5.41) is 3.09. The maximum absolute atomic E-state index is 13.4. The second-order valence-corrected chi connectivity index (χ2v) is 3.82. The molecule has 14 heavy (non-hydrogen) atoms. The summed E-state index contributed by atoms with van der Waals surface area (Å²) in [7, 11) is 0. The molecular weight excluding hydrogens is 226 g/mol. The Morgan fingerprint density at radius 1 is 1.14 bits per heavy atom. The molecule has 0 amide bonds. The largest absolute Gasteiger partial charge is 0.314 e. The Balaban J connectivity index is 0.000000845. The molecule has 2 aliphatic rings. The number of rotatable bonds is 1. The predicted octanol–water partition coefficient (Wildman–Crippen LogP) is 1.63. The zero-order chi connectivity index (χ0) is 8.39. The molecule has 2 saturated heterocycles. The number of nitrogens with one attached hydrogen (secondary N) is 1. The minimum Gasteiger partial charge on any atom is -0.314 e. The maximum atomic E-state index is 13.4. The fraction of sp³-hybridized carbons (Fsp3) is 1.00. The van der Waals surface area contributed by atoms with Crippen molar-refractivity contribution in [3.63, 3.8) is 0 Å². The molecule has 1 N–H and O–H groups in total. The smallest absolute Gasteiger partial charge is 0.128 e. The van der Waals surface area contributed by atoms with Crippen molar-refractivity contribution in [2.45, 2.75) is 31.5 Å². The van der Waals surface area contributed by atoms with Crippen molar-refractivity contribution in [1.82, 2.24) is 10.2 Å². The Bertz CT molecular complexity index is 154. The fourth-order valence-electron chi connectivity index (χ4n) is 2.29. The van der Waals surface area contributed by atoms with Crippen molar-refractivity contribution in [1.29, 1.82) is 0 Å². The van der Waals surface area contributed by atoms with Crippen molar-refractivity contribution in [2.75, 3.05) is 26.2 Å². The highest BCUT2D eigenvalue weighted by atomic mass is 35.5. The van der Waals surface area contributed by atoms with Gasteiger partial charge in [0, 0.05) is 12.6 Å². The lowest BCUT2D eigenvalue weighted by Crippen LogP contribution is -2.50. The third kappa shape index (κ3) is 3.23. The van der Waals surface area contributed by atoms with Crippen molar-refractivity contribution >= 4 is 24.8 Å². The van der Waals surface area contributed by atoms with Crippen LogP contribution >= 0.6 is 24.8 Å². The van der Waals surface area contributed by atoms with Gasteiger partial charge in [0.15, 0.2) is 0 Å². The summed E-state index contributed by atoms with van der Waals surface area (Å²) >= 11 is 0. The van der Waals surface area contributed by atoms with Gasteiger partial charge in [0.1, 0.15) is 6.17 Å². The monoisotopic (exact) mass is 244 g/mol. The Labute approximate surface area is 97.4 Å². The van der Waals surface area contributed by atoms with Crippen LogP contribution in [0.1, 0.15) is 19.3 Å². The molecule has 0 aromatic rings. The van der Waals surface area contributed by atoms with Gasteiger partial charge < -0.3 is 5.32 Å². The van der Waals surface area contributed by atoms with Gasteiger partial charge in [-0.25, -0.2) is 4.39 Å². The number of halogens is 3. The van der Waals surface area contributed by atoms with Crippen LogP contribution < -0.4 is 5.32 Å². The van der Waals surface area contributed by atoms with Crippen LogP contribution in [-0.4, -0.2) is 43.3 Å². The minimum absolute atomic E-state index is 0. The van der Waals surface area contributed by atoms with E-state index in [2.05, 4.69) is 10.2 Å². The van der Waals surface area contributed by atoms with Crippen LogP contribution in [0.25, 0.3) is 0 Å². The van der Waals surface area contributed by atoms with E-state index in [1.54, 1.807) is 0 Å². The Hall–Kier alpha value is 0.430. The van der Waals surface area contributed by atoms with Crippen LogP contribution in [0.15, 0.2) is 0 Å². The lowest BCUT2D eigenvalue weighted by molar-refractivity contribution is 0.104. The molecule has 2 atom stereocenters. The topological polar surface area (TPSA) is 15.3 Å². The van der Waals surface area contributed by atoms with E-state index in [1.165, 1.54) is 12.8 Å². The highest BCUT2D eigenvalue weighted by molar-refractivity contribution is 5.85. The quantitative estimate of drug-likeness (QED) is 0.755. The Kier molecular flexibility index (Phi) is 7.04. The van der Waals surface area contributed by atoms with Gasteiger partial charge >= 0.3 is 0 Å². The molecule has 2 fully saturated rings. The van der Waals surface area contributed by atoms with Crippen LogP contribution in [0.4, 0.5) is 4.39 Å². The molecule has 2 nitrogen and oxygen atoms in total. The van der Waals surface area contributed by atoms with E-state index < -0.39 is 6.17 Å². The number of hydrogen-bond acceptors (Lipinski definition) is 2. The van der Waals surface area contributed by atoms with Gasteiger partial charge in [0.2, 0.25) is 0 Å². The molecule has 2 rings (SSSR count). The fourth-order valence-corrected chi connectivity index (χ4v) is 2.29. The second-order valence-electron chi connectivity index (χ2n) is 3.82. The van der Waals surface area contributed by atoms with E-state index in [9.17, 15) is 4.39 Å². The molecule has 0 spiro atoms. The Morgan fingerprint density at radius 3 is 2.36 bits per heavy atom. The van der Waals surface area contributed by atoms with Gasteiger partial charge in [-0.05, 0) is 38.9 Å². The zero-order valence-electron chi connectivity index (χ0n) is 8.25. The molecule has 0 aromatic heterocycles. The summed E-state index contributed by atoms with van der Waals surface area (Å²) in [6.07, 6.45) is 2.87. The molecule has 0 bridgehead atoms. The van der Waals surface area contributed by atoms with Gasteiger partial charge in [-0.1, -0.05) is 0 Å². The highest BCUT2D eigenvalue weighted by Gasteiger charge is 2.31. The zero-order valence-corrected chi connectivity index (χ0v) is 9.88. The van der Waals surface area contributed by atoms with Crippen molar-refractivity contribution in [3.8, 4) is 0 Å². The molecule has 5 heteroatoms. The SMILES string of the molecule is Cl.Cl.F[C@@H]1CNCC[C@@H]1N1CCCC1. The van der Waals surface area contributed by atoms with Crippen LogP contribution in [0.2, 0.25) is 0 Å². The maximum Gasteiger partial charge on any atom is 0.128 e. The first-order chi connectivity index (χ1) is 5.88. The van der Waals surface area contributed by atoms with E-state index >= 15 is 0 Å². The molecule has 0 radical (unpaired) electrons. The second kappa shape index (κ2) is 6.83. The third-order valence-corrected chi connectivity index (χ3v) is 2.98. The first-order valence-corrected chi connectivity index (χ1v) is 4.97. The molecule has 2 heterocycles. The van der Waals surface area contributed by atoms with Crippen LogP contribution in [0, 0.1) is 0 Å². The number of alkyl halides is 1. The average Bonchev–Trinajstić information content (AvgIpc) is 2.57.